The minimum absolute atomic E-state index is 0. The van der Waals surface area contributed by atoms with E-state index >= 15 is 0 Å². The lowest BCUT2D eigenvalue weighted by molar-refractivity contribution is 0.0964. The van der Waals surface area contributed by atoms with Crippen molar-refractivity contribution in [3.63, 3.8) is 0 Å². The average Bonchev–Trinajstić information content (AvgIpc) is 2.69. The van der Waals surface area contributed by atoms with E-state index in [1.165, 1.54) is 36.4 Å². The molecule has 0 radical (unpaired) electrons. The number of thiol groups is 1. The van der Waals surface area contributed by atoms with Crippen LogP contribution in [0.5, 0.6) is 5.75 Å². The van der Waals surface area contributed by atoms with Crippen molar-refractivity contribution in [1.82, 2.24) is 5.32 Å². The van der Waals surface area contributed by atoms with Crippen molar-refractivity contribution in [2.24, 2.45) is 5.73 Å². The van der Waals surface area contributed by atoms with Crippen LogP contribution in [0.25, 0.3) is 0 Å². The summed E-state index contributed by atoms with van der Waals surface area (Å²) < 4.78 is 6.44. The van der Waals surface area contributed by atoms with E-state index in [1.54, 1.807) is 0 Å². The molecule has 0 atom stereocenters. The fourth-order valence-corrected chi connectivity index (χ4v) is 3.03. The third-order valence-electron chi connectivity index (χ3n) is 3.81. The molecular weight excluding hydrogens is 473 g/mol. The Morgan fingerprint density at radius 2 is 1.67 bits per heavy atom. The Balaban J connectivity index is 0.00000450. The van der Waals surface area contributed by atoms with Crippen molar-refractivity contribution < 1.29 is 19.1 Å². The molecule has 0 spiro atoms. The number of ether oxygens (including phenoxy) is 1. The van der Waals surface area contributed by atoms with Gasteiger partial charge in [-0.25, -0.2) is 9.10 Å². The summed E-state index contributed by atoms with van der Waals surface area (Å²) in [5.41, 5.74) is 5.87. The molecule has 0 unspecified atom stereocenters. The number of nitrogens with two attached hydrogens (primary N) is 1. The highest BCUT2D eigenvalue weighted by Gasteiger charge is 2.19. The number of nitrogens with one attached hydrogen (secondary N) is 1. The van der Waals surface area contributed by atoms with Gasteiger partial charge in [0.05, 0.1) is 22.3 Å². The fourth-order valence-electron chi connectivity index (χ4n) is 2.25. The number of unbranched alkanes of at least 4 members (excludes halogenated alkanes) is 1. The Morgan fingerprint density at radius 3 is 2.17 bits per heavy atom. The number of rotatable bonds is 7. The van der Waals surface area contributed by atoms with Crippen LogP contribution in [0.2, 0.25) is 10.0 Å². The average molecular weight is 493 g/mol. The molecule has 0 saturated carbocycles. The highest BCUT2D eigenvalue weighted by atomic mass is 35.5. The predicted molar refractivity (Wildman–Crippen MR) is 123 cm³/mol. The van der Waals surface area contributed by atoms with Gasteiger partial charge in [-0.15, -0.1) is 12.4 Å². The van der Waals surface area contributed by atoms with Gasteiger partial charge in [0.25, 0.3) is 5.91 Å². The highest BCUT2D eigenvalue weighted by Crippen LogP contribution is 2.34. The van der Waals surface area contributed by atoms with Gasteiger partial charge in [0.1, 0.15) is 0 Å². The molecule has 0 heterocycles. The first-order valence-electron chi connectivity index (χ1n) is 8.60. The first kappa shape index (κ1) is 25.9. The van der Waals surface area contributed by atoms with Crippen molar-refractivity contribution >= 4 is 72.0 Å². The zero-order valence-corrected chi connectivity index (χ0v) is 19.1. The van der Waals surface area contributed by atoms with Crippen LogP contribution in [0.4, 0.5) is 10.5 Å². The largest absolute Gasteiger partial charge is 0.490 e. The Morgan fingerprint density at radius 1 is 1.10 bits per heavy atom. The minimum atomic E-state index is -0.805. The Labute approximate surface area is 195 Å². The first-order chi connectivity index (χ1) is 13.7. The predicted octanol–water partition coefficient (Wildman–Crippen LogP) is 4.89. The molecule has 4 amide bonds. The van der Waals surface area contributed by atoms with Crippen molar-refractivity contribution in [2.45, 2.75) is 19.8 Å². The van der Waals surface area contributed by atoms with Gasteiger partial charge in [-0.1, -0.05) is 49.4 Å². The van der Waals surface area contributed by atoms with E-state index in [-0.39, 0.29) is 39.3 Å². The third kappa shape index (κ3) is 6.70. The zero-order chi connectivity index (χ0) is 21.6. The second-order valence-corrected chi connectivity index (χ2v) is 7.17. The van der Waals surface area contributed by atoms with Gasteiger partial charge >= 0.3 is 6.03 Å². The molecule has 2 aromatic rings. The second kappa shape index (κ2) is 11.9. The lowest BCUT2D eigenvalue weighted by atomic mass is 10.2. The smallest absolute Gasteiger partial charge is 0.338 e. The van der Waals surface area contributed by atoms with E-state index in [0.29, 0.717) is 12.3 Å². The van der Waals surface area contributed by atoms with E-state index in [1.807, 2.05) is 6.92 Å². The number of urea groups is 1. The fraction of sp³-hybridized carbons (Fsp3) is 0.211. The van der Waals surface area contributed by atoms with Gasteiger partial charge in [-0.2, -0.15) is 0 Å². The second-order valence-electron chi connectivity index (χ2n) is 5.95. The topological polar surface area (TPSA) is 102 Å². The quantitative estimate of drug-likeness (QED) is 0.378. The number of carbonyl (C=O) groups is 3. The molecule has 11 heteroatoms. The SMILES string of the molecule is CCCCOc1c(Cl)cc(C(=O)NC(=O)N(S)c2ccc(C(N)=O)cc2)cc1Cl.Cl. The van der Waals surface area contributed by atoms with Gasteiger partial charge in [0.15, 0.2) is 5.75 Å². The van der Waals surface area contributed by atoms with Crippen molar-refractivity contribution in [2.75, 3.05) is 10.9 Å². The van der Waals surface area contributed by atoms with Crippen molar-refractivity contribution in [3.05, 3.63) is 57.6 Å². The van der Waals surface area contributed by atoms with Crippen LogP contribution in [-0.4, -0.2) is 24.5 Å². The molecule has 0 aliphatic carbocycles. The van der Waals surface area contributed by atoms with E-state index in [2.05, 4.69) is 18.1 Å². The van der Waals surface area contributed by atoms with E-state index in [4.69, 9.17) is 33.7 Å². The molecular formula is C19H20Cl3N3O4S. The number of anilines is 1. The van der Waals surface area contributed by atoms with Crippen molar-refractivity contribution in [3.8, 4) is 5.75 Å². The molecule has 0 aliphatic heterocycles. The number of halogens is 3. The number of benzene rings is 2. The molecule has 0 fully saturated rings. The van der Waals surface area contributed by atoms with Gasteiger partial charge in [0, 0.05) is 11.1 Å². The summed E-state index contributed by atoms with van der Waals surface area (Å²) in [4.78, 5) is 35.8. The number of hydrogen-bond acceptors (Lipinski definition) is 5. The lowest BCUT2D eigenvalue weighted by Crippen LogP contribution is -2.38. The summed E-state index contributed by atoms with van der Waals surface area (Å²) in [6, 6.07) is 7.73. The van der Waals surface area contributed by atoms with Gasteiger partial charge in [0.2, 0.25) is 5.91 Å². The maximum Gasteiger partial charge on any atom is 0.338 e. The maximum absolute atomic E-state index is 12.4. The monoisotopic (exact) mass is 491 g/mol. The summed E-state index contributed by atoms with van der Waals surface area (Å²) in [6.45, 7) is 2.47. The molecule has 0 bridgehead atoms. The Bertz CT molecular complexity index is 903. The normalized spacial score (nSPS) is 10.0. The number of primary amides is 1. The minimum Gasteiger partial charge on any atom is -0.490 e. The first-order valence-corrected chi connectivity index (χ1v) is 9.76. The molecule has 30 heavy (non-hydrogen) atoms. The van der Waals surface area contributed by atoms with Crippen LogP contribution >= 0.6 is 48.4 Å². The van der Waals surface area contributed by atoms with Gasteiger partial charge in [-0.3, -0.25) is 14.9 Å². The summed E-state index contributed by atoms with van der Waals surface area (Å²) in [6.07, 6.45) is 1.78. The zero-order valence-electron chi connectivity index (χ0n) is 15.9. The molecule has 0 saturated heterocycles. The lowest BCUT2D eigenvalue weighted by Gasteiger charge is -2.16. The van der Waals surface area contributed by atoms with Gasteiger partial charge < -0.3 is 10.5 Å². The standard InChI is InChI=1S/C19H19Cl2N3O4S.ClH/c1-2-3-8-28-16-14(20)9-12(10-15(16)21)18(26)23-19(27)24(29)13-6-4-11(5-7-13)17(22)25;/h4-7,9-10,29H,2-3,8H2,1H3,(H2,22,25)(H,23,26,27);1H. The number of carbonyl (C=O) groups excluding carboxylic acids is 3. The number of nitrogens with zero attached hydrogens (tertiary/aromatic N) is 1. The maximum atomic E-state index is 12.4. The Hall–Kier alpha value is -2.13. The Kier molecular flexibility index (Phi) is 10.3. The highest BCUT2D eigenvalue weighted by molar-refractivity contribution is 7.82. The van der Waals surface area contributed by atoms with E-state index in [0.717, 1.165) is 17.1 Å². The van der Waals surface area contributed by atoms with Crippen LogP contribution in [0.3, 0.4) is 0 Å². The summed E-state index contributed by atoms with van der Waals surface area (Å²) in [7, 11) is 0. The molecule has 3 N–H and O–H groups in total. The van der Waals surface area contributed by atoms with E-state index in [9.17, 15) is 14.4 Å². The summed E-state index contributed by atoms with van der Waals surface area (Å²) in [5.74, 6) is -1.03. The molecule has 0 aromatic heterocycles. The number of hydrogen-bond donors (Lipinski definition) is 3. The summed E-state index contributed by atoms with van der Waals surface area (Å²) in [5, 5.41) is 2.51. The molecule has 2 rings (SSSR count). The molecule has 2 aromatic carbocycles. The van der Waals surface area contributed by atoms with Crippen molar-refractivity contribution in [1.29, 1.82) is 0 Å². The molecule has 162 valence electrons. The van der Waals surface area contributed by atoms with Crippen LogP contribution < -0.4 is 20.1 Å². The summed E-state index contributed by atoms with van der Waals surface area (Å²) >= 11 is 16.4. The molecule has 0 aliphatic rings. The third-order valence-corrected chi connectivity index (χ3v) is 4.79. The van der Waals surface area contributed by atoms with Crippen LogP contribution in [-0.2, 0) is 0 Å². The number of imide groups is 1. The van der Waals surface area contributed by atoms with Crippen LogP contribution in [0, 0.1) is 0 Å². The van der Waals surface area contributed by atoms with E-state index < -0.39 is 17.8 Å². The van der Waals surface area contributed by atoms with Crippen LogP contribution in [0.1, 0.15) is 40.5 Å². The van der Waals surface area contributed by atoms with Gasteiger partial charge in [-0.05, 0) is 42.8 Å². The number of amides is 4. The molecule has 7 nitrogen and oxygen atoms in total. The van der Waals surface area contributed by atoms with Crippen LogP contribution in [0.15, 0.2) is 36.4 Å².